The van der Waals surface area contributed by atoms with Crippen LogP contribution in [-0.4, -0.2) is 30.5 Å². The molecule has 2 aromatic rings. The number of aryl methyl sites for hydroxylation is 1. The van der Waals surface area contributed by atoms with Crippen LogP contribution in [-0.2, 0) is 17.1 Å². The molecule has 1 saturated carbocycles. The number of alkyl halides is 6. The van der Waals surface area contributed by atoms with Crippen molar-refractivity contribution in [2.45, 2.75) is 44.6 Å². The summed E-state index contributed by atoms with van der Waals surface area (Å²) >= 11 is 0. The number of halogens is 6. The summed E-state index contributed by atoms with van der Waals surface area (Å²) in [6.45, 7) is 1.88. The monoisotopic (exact) mass is 496 g/mol. The van der Waals surface area contributed by atoms with Gasteiger partial charge in [0.1, 0.15) is 29.2 Å². The number of anilines is 2. The van der Waals surface area contributed by atoms with Crippen molar-refractivity contribution in [3.05, 3.63) is 52.7 Å². The molecule has 2 fully saturated rings. The minimum atomic E-state index is -5.21. The van der Waals surface area contributed by atoms with Gasteiger partial charge >= 0.3 is 12.4 Å². The zero-order valence-corrected chi connectivity index (χ0v) is 18.9. The van der Waals surface area contributed by atoms with E-state index in [4.69, 9.17) is 0 Å². The molecule has 1 saturated heterocycles. The molecule has 2 heterocycles. The Bertz CT molecular complexity index is 1190. The summed E-state index contributed by atoms with van der Waals surface area (Å²) < 4.78 is 81.7. The molecule has 1 aliphatic carbocycles. The average Bonchev–Trinajstić information content (AvgIpc) is 3.37. The molecule has 1 aromatic carbocycles. The Morgan fingerprint density at radius 2 is 1.86 bits per heavy atom. The Kier molecular flexibility index (Phi) is 6.19. The van der Waals surface area contributed by atoms with Crippen molar-refractivity contribution < 1.29 is 31.1 Å². The lowest BCUT2D eigenvalue weighted by molar-refractivity contribution is -0.145. The number of rotatable bonds is 3. The summed E-state index contributed by atoms with van der Waals surface area (Å²) in [5.74, 6) is -1.60. The fraction of sp³-hybridized carbons (Fsp3) is 0.458. The van der Waals surface area contributed by atoms with Crippen LogP contribution in [0.2, 0.25) is 0 Å². The van der Waals surface area contributed by atoms with Crippen LogP contribution in [0.5, 0.6) is 0 Å². The van der Waals surface area contributed by atoms with E-state index in [1.165, 1.54) is 22.9 Å². The number of hydrogen-bond acceptors (Lipinski definition) is 4. The van der Waals surface area contributed by atoms with Gasteiger partial charge in [-0.25, -0.2) is 4.98 Å². The van der Waals surface area contributed by atoms with Crippen molar-refractivity contribution in [3.8, 4) is 6.07 Å². The summed E-state index contributed by atoms with van der Waals surface area (Å²) in [5, 5.41) is 9.57. The molecule has 0 spiro atoms. The second-order valence-corrected chi connectivity index (χ2v) is 9.05. The molecule has 0 unspecified atom stereocenters. The number of carbonyl (C=O) groups is 1. The largest absolute Gasteiger partial charge is 0.433 e. The van der Waals surface area contributed by atoms with E-state index in [1.54, 1.807) is 18.2 Å². The van der Waals surface area contributed by atoms with Crippen LogP contribution in [0.25, 0.3) is 0 Å². The summed E-state index contributed by atoms with van der Waals surface area (Å²) in [6, 6.07) is 7.25. The molecule has 0 bridgehead atoms. The topological polar surface area (TPSA) is 60.2 Å². The zero-order chi connectivity index (χ0) is 25.7. The molecule has 0 N–H and O–H groups in total. The third-order valence-electron chi connectivity index (χ3n) is 6.84. The van der Waals surface area contributed by atoms with Gasteiger partial charge in [0.25, 0.3) is 0 Å². The maximum Gasteiger partial charge on any atom is 0.433 e. The lowest BCUT2D eigenvalue weighted by Crippen LogP contribution is -2.48. The van der Waals surface area contributed by atoms with Gasteiger partial charge in [0.15, 0.2) is 0 Å². The van der Waals surface area contributed by atoms with E-state index in [1.807, 2.05) is 13.0 Å². The van der Waals surface area contributed by atoms with Crippen LogP contribution >= 0.6 is 0 Å². The lowest BCUT2D eigenvalue weighted by Gasteiger charge is -2.32. The zero-order valence-electron chi connectivity index (χ0n) is 18.9. The van der Waals surface area contributed by atoms with Gasteiger partial charge in [0, 0.05) is 19.3 Å². The third kappa shape index (κ3) is 4.54. The number of nitrogens with zero attached hydrogens (tertiary/aromatic N) is 4. The van der Waals surface area contributed by atoms with Gasteiger partial charge in [-0.2, -0.15) is 31.6 Å². The van der Waals surface area contributed by atoms with Crippen LogP contribution < -0.4 is 9.80 Å². The number of pyridine rings is 1. The van der Waals surface area contributed by atoms with E-state index in [0.717, 1.165) is 12.0 Å². The van der Waals surface area contributed by atoms with E-state index in [-0.39, 0.29) is 24.4 Å². The van der Waals surface area contributed by atoms with E-state index < -0.39 is 46.9 Å². The number of likely N-dealkylation sites (N-methyl/N-ethyl adjacent to an activating group) is 1. The number of aromatic nitrogens is 1. The molecule has 1 amide bonds. The number of fused-ring (bicyclic) bond motifs is 1. The number of benzene rings is 1. The molecule has 4 rings (SSSR count). The van der Waals surface area contributed by atoms with Gasteiger partial charge in [-0.15, -0.1) is 0 Å². The predicted molar refractivity (Wildman–Crippen MR) is 116 cm³/mol. The second kappa shape index (κ2) is 8.73. The van der Waals surface area contributed by atoms with Gasteiger partial charge < -0.3 is 9.80 Å². The number of carbonyl (C=O) groups excluding carboxylic acids is 1. The Hall–Kier alpha value is -3.29. The molecule has 186 valence electrons. The Morgan fingerprint density at radius 3 is 2.46 bits per heavy atom. The lowest BCUT2D eigenvalue weighted by atomic mass is 9.93. The molecule has 1 aliphatic heterocycles. The quantitative estimate of drug-likeness (QED) is 0.522. The van der Waals surface area contributed by atoms with Crippen LogP contribution in [0.15, 0.2) is 30.3 Å². The highest BCUT2D eigenvalue weighted by molar-refractivity contribution is 5.99. The fourth-order valence-corrected chi connectivity index (χ4v) is 5.22. The van der Waals surface area contributed by atoms with E-state index in [0.29, 0.717) is 18.5 Å². The molecule has 3 atom stereocenters. The van der Waals surface area contributed by atoms with Crippen molar-refractivity contribution in [2.24, 2.45) is 11.8 Å². The minimum absolute atomic E-state index is 0.0447. The van der Waals surface area contributed by atoms with Crippen molar-refractivity contribution >= 4 is 17.4 Å². The summed E-state index contributed by atoms with van der Waals surface area (Å²) in [5.41, 5.74) is -3.06. The molecular formula is C24H22F6N4O. The van der Waals surface area contributed by atoms with Gasteiger partial charge in [-0.1, -0.05) is 18.6 Å². The van der Waals surface area contributed by atoms with Gasteiger partial charge in [0.2, 0.25) is 5.91 Å². The summed E-state index contributed by atoms with van der Waals surface area (Å²) in [6.07, 6.45) is -8.29. The third-order valence-corrected chi connectivity index (χ3v) is 6.84. The molecule has 0 radical (unpaired) electrons. The summed E-state index contributed by atoms with van der Waals surface area (Å²) in [7, 11) is 1.52. The molecule has 1 aromatic heterocycles. The van der Waals surface area contributed by atoms with E-state index in [9.17, 15) is 36.4 Å². The van der Waals surface area contributed by atoms with Crippen LogP contribution in [0.1, 0.15) is 41.6 Å². The highest BCUT2D eigenvalue weighted by atomic mass is 19.4. The summed E-state index contributed by atoms with van der Waals surface area (Å²) in [4.78, 5) is 19.7. The fourth-order valence-electron chi connectivity index (χ4n) is 5.22. The second-order valence-electron chi connectivity index (χ2n) is 9.05. The van der Waals surface area contributed by atoms with Gasteiger partial charge in [-0.05, 0) is 55.4 Å². The number of amides is 1. The molecule has 5 nitrogen and oxygen atoms in total. The van der Waals surface area contributed by atoms with Crippen molar-refractivity contribution in [1.29, 1.82) is 5.26 Å². The Morgan fingerprint density at radius 1 is 1.14 bits per heavy atom. The van der Waals surface area contributed by atoms with Crippen molar-refractivity contribution in [3.63, 3.8) is 0 Å². The Balaban J connectivity index is 1.86. The first-order chi connectivity index (χ1) is 16.3. The van der Waals surface area contributed by atoms with Crippen LogP contribution in [0.4, 0.5) is 37.8 Å². The highest BCUT2D eigenvalue weighted by Gasteiger charge is 2.51. The Labute approximate surface area is 198 Å². The first-order valence-corrected chi connectivity index (χ1v) is 11.0. The van der Waals surface area contributed by atoms with Crippen molar-refractivity contribution in [2.75, 3.05) is 23.4 Å². The standard InChI is InChI=1S/C24H22F6N4O/c1-13-5-3-7-15(9-13)33(2)22(35)20-16-8-4-6-14(16)12-34(20)21-17(11-31)18(23(25,26)27)10-19(32-21)24(28,29)30/h3,5,7,9-10,14,16,20H,4,6,8,12H2,1-2H3/t14-,16-,20-/m0/s1. The molecular weight excluding hydrogens is 474 g/mol. The number of hydrogen-bond donors (Lipinski definition) is 0. The van der Waals surface area contributed by atoms with Crippen LogP contribution in [0.3, 0.4) is 0 Å². The first-order valence-electron chi connectivity index (χ1n) is 11.0. The normalized spacial score (nSPS) is 22.1. The van der Waals surface area contributed by atoms with Gasteiger partial charge in [0.05, 0.1) is 5.56 Å². The first kappa shape index (κ1) is 24.8. The predicted octanol–water partition coefficient (Wildman–Crippen LogP) is 5.57. The van der Waals surface area contributed by atoms with Crippen molar-refractivity contribution in [1.82, 2.24) is 4.98 Å². The smallest absolute Gasteiger partial charge is 0.343 e. The van der Waals surface area contributed by atoms with Gasteiger partial charge in [-0.3, -0.25) is 4.79 Å². The maximum atomic E-state index is 13.7. The number of nitriles is 1. The van der Waals surface area contributed by atoms with Crippen LogP contribution in [0, 0.1) is 30.1 Å². The molecule has 35 heavy (non-hydrogen) atoms. The minimum Gasteiger partial charge on any atom is -0.343 e. The van der Waals surface area contributed by atoms with E-state index >= 15 is 0 Å². The SMILES string of the molecule is Cc1cccc(N(C)C(=O)[C@@H]2[C@H]3CCC[C@H]3CN2c2nc(C(F)(F)F)cc(C(F)(F)F)c2C#N)c1. The highest BCUT2D eigenvalue weighted by Crippen LogP contribution is 2.47. The molecule has 2 aliphatic rings. The van der Waals surface area contributed by atoms with E-state index in [2.05, 4.69) is 4.98 Å². The maximum absolute atomic E-state index is 13.7. The molecule has 11 heteroatoms. The average molecular weight is 496 g/mol.